The largest absolute Gasteiger partial charge is 0.487 e. The number of alkyl halides is 1. The molecule has 12 heteroatoms. The van der Waals surface area contributed by atoms with E-state index in [2.05, 4.69) is 10.1 Å². The van der Waals surface area contributed by atoms with Crippen LogP contribution < -0.4 is 9.64 Å². The van der Waals surface area contributed by atoms with Crippen molar-refractivity contribution in [3.63, 3.8) is 0 Å². The van der Waals surface area contributed by atoms with Crippen LogP contribution in [0.4, 0.5) is 19.0 Å². The van der Waals surface area contributed by atoms with Gasteiger partial charge in [0.25, 0.3) is 0 Å². The summed E-state index contributed by atoms with van der Waals surface area (Å²) in [6.45, 7) is 4.67. The lowest BCUT2D eigenvalue weighted by atomic mass is 9.84. The molecule has 0 aliphatic carbocycles. The monoisotopic (exact) mass is 542 g/mol. The highest BCUT2D eigenvalue weighted by molar-refractivity contribution is 5.83. The predicted octanol–water partition coefficient (Wildman–Crippen LogP) is 4.12. The highest BCUT2D eigenvalue weighted by Gasteiger charge is 2.41. The Morgan fingerprint density at radius 2 is 1.77 bits per heavy atom. The van der Waals surface area contributed by atoms with Crippen LogP contribution in [0.15, 0.2) is 42.9 Å². The van der Waals surface area contributed by atoms with E-state index in [1.807, 2.05) is 4.90 Å². The number of fused-ring (bicyclic) bond motifs is 1. The van der Waals surface area contributed by atoms with Gasteiger partial charge < -0.3 is 19.8 Å². The van der Waals surface area contributed by atoms with E-state index in [1.165, 1.54) is 45.4 Å². The van der Waals surface area contributed by atoms with Gasteiger partial charge in [-0.3, -0.25) is 4.98 Å². The summed E-state index contributed by atoms with van der Waals surface area (Å²) in [5.74, 6) is -0.876. The Morgan fingerprint density at radius 3 is 2.41 bits per heavy atom. The third-order valence-corrected chi connectivity index (χ3v) is 7.18. The Hall–Kier alpha value is -3.77. The number of pyridine rings is 1. The molecule has 5 rings (SSSR count). The summed E-state index contributed by atoms with van der Waals surface area (Å²) in [6.07, 6.45) is 5.34. The van der Waals surface area contributed by atoms with E-state index in [9.17, 15) is 23.4 Å². The highest BCUT2D eigenvalue weighted by atomic mass is 19.1. The predicted molar refractivity (Wildman–Crippen MR) is 138 cm³/mol. The van der Waals surface area contributed by atoms with Gasteiger partial charge in [0, 0.05) is 43.8 Å². The SMILES string of the molecule is CC(C)(O)C(C)(O)c1cc2nc(-c3cnn(CF)c3)c(N3CCC(Oc4ccc(F)cc4F)CC3)nc2cn1. The minimum Gasteiger partial charge on any atom is -0.487 e. The van der Waals surface area contributed by atoms with Crippen molar-refractivity contribution in [2.24, 2.45) is 0 Å². The molecule has 1 aromatic carbocycles. The molecule has 39 heavy (non-hydrogen) atoms. The van der Waals surface area contributed by atoms with Crippen LogP contribution in [-0.4, -0.2) is 59.7 Å². The number of hydrogen-bond donors (Lipinski definition) is 2. The molecule has 0 spiro atoms. The van der Waals surface area contributed by atoms with Gasteiger partial charge in [0.1, 0.15) is 28.7 Å². The summed E-state index contributed by atoms with van der Waals surface area (Å²) in [4.78, 5) is 16.0. The van der Waals surface area contributed by atoms with Crippen LogP contribution in [0.5, 0.6) is 5.75 Å². The van der Waals surface area contributed by atoms with Gasteiger partial charge in [-0.1, -0.05) is 0 Å². The van der Waals surface area contributed by atoms with Crippen molar-refractivity contribution in [2.45, 2.75) is 57.7 Å². The van der Waals surface area contributed by atoms with E-state index in [4.69, 9.17) is 14.7 Å². The van der Waals surface area contributed by atoms with Gasteiger partial charge in [-0.05, 0) is 39.0 Å². The standard InChI is InChI=1S/C27H29F3N6O3/c1-26(2,37)27(3,38)23-11-20-21(13-31-23)34-25(24(33-20)16-12-32-36(14-16)15-28)35-8-6-18(7-9-35)39-22-5-4-17(29)10-19(22)30/h4-5,10-14,18,37-38H,6-9,15H2,1-3H3. The Morgan fingerprint density at radius 1 is 1.03 bits per heavy atom. The smallest absolute Gasteiger partial charge is 0.181 e. The van der Waals surface area contributed by atoms with E-state index in [0.29, 0.717) is 54.0 Å². The lowest BCUT2D eigenvalue weighted by Crippen LogP contribution is -2.45. The molecule has 0 saturated carbocycles. The van der Waals surface area contributed by atoms with Crippen LogP contribution in [0.3, 0.4) is 0 Å². The molecule has 1 unspecified atom stereocenters. The van der Waals surface area contributed by atoms with Gasteiger partial charge in [0.15, 0.2) is 24.2 Å². The fourth-order valence-electron chi connectivity index (χ4n) is 4.43. The number of halogens is 3. The number of anilines is 1. The van der Waals surface area contributed by atoms with Crippen LogP contribution in [-0.2, 0) is 12.4 Å². The zero-order valence-electron chi connectivity index (χ0n) is 21.8. The zero-order chi connectivity index (χ0) is 27.9. The van der Waals surface area contributed by atoms with Gasteiger partial charge in [-0.15, -0.1) is 0 Å². The van der Waals surface area contributed by atoms with E-state index in [-0.39, 0.29) is 17.5 Å². The van der Waals surface area contributed by atoms with Crippen molar-refractivity contribution in [3.05, 3.63) is 60.2 Å². The van der Waals surface area contributed by atoms with Gasteiger partial charge >= 0.3 is 0 Å². The van der Waals surface area contributed by atoms with Crippen LogP contribution in [0.2, 0.25) is 0 Å². The molecule has 0 radical (unpaired) electrons. The first-order valence-electron chi connectivity index (χ1n) is 12.5. The van der Waals surface area contributed by atoms with Crippen molar-refractivity contribution < 1.29 is 28.1 Å². The molecule has 0 amide bonds. The maximum absolute atomic E-state index is 14.1. The molecule has 4 aromatic rings. The van der Waals surface area contributed by atoms with Gasteiger partial charge in [0.05, 0.1) is 29.2 Å². The van der Waals surface area contributed by atoms with Crippen LogP contribution in [0.25, 0.3) is 22.3 Å². The molecule has 3 aromatic heterocycles. The van der Waals surface area contributed by atoms with Gasteiger partial charge in [-0.2, -0.15) is 5.10 Å². The second-order valence-electron chi connectivity index (χ2n) is 10.4. The Balaban J connectivity index is 1.47. The number of nitrogens with zero attached hydrogens (tertiary/aromatic N) is 6. The molecule has 1 fully saturated rings. The maximum atomic E-state index is 14.1. The molecule has 1 aliphatic heterocycles. The van der Waals surface area contributed by atoms with Crippen molar-refractivity contribution in [1.29, 1.82) is 0 Å². The zero-order valence-corrected chi connectivity index (χ0v) is 21.8. The number of aliphatic hydroxyl groups is 2. The Labute approximate surface area is 222 Å². The van der Waals surface area contributed by atoms with Crippen LogP contribution >= 0.6 is 0 Å². The number of benzene rings is 1. The first-order valence-corrected chi connectivity index (χ1v) is 12.5. The normalized spacial score (nSPS) is 16.5. The molecule has 9 nitrogen and oxygen atoms in total. The van der Waals surface area contributed by atoms with Crippen molar-refractivity contribution in [1.82, 2.24) is 24.7 Å². The van der Waals surface area contributed by atoms with E-state index >= 15 is 0 Å². The molecule has 1 aliphatic rings. The Kier molecular flexibility index (Phi) is 6.93. The average Bonchev–Trinajstić information content (AvgIpc) is 3.38. The third-order valence-electron chi connectivity index (χ3n) is 7.18. The summed E-state index contributed by atoms with van der Waals surface area (Å²) in [6, 6.07) is 4.80. The third kappa shape index (κ3) is 5.26. The summed E-state index contributed by atoms with van der Waals surface area (Å²) in [5, 5.41) is 25.4. The summed E-state index contributed by atoms with van der Waals surface area (Å²) in [7, 11) is 0. The minimum absolute atomic E-state index is 0.00323. The molecule has 0 bridgehead atoms. The first-order chi connectivity index (χ1) is 18.5. The lowest BCUT2D eigenvalue weighted by molar-refractivity contribution is -0.127. The van der Waals surface area contributed by atoms with Crippen LogP contribution in [0.1, 0.15) is 39.3 Å². The molecular weight excluding hydrogens is 513 g/mol. The average molecular weight is 543 g/mol. The van der Waals surface area contributed by atoms with Gasteiger partial charge in [0.2, 0.25) is 0 Å². The highest BCUT2D eigenvalue weighted by Crippen LogP contribution is 2.35. The molecule has 1 atom stereocenters. The number of rotatable bonds is 7. The molecule has 4 heterocycles. The summed E-state index contributed by atoms with van der Waals surface area (Å²) < 4.78 is 47.5. The fourth-order valence-corrected chi connectivity index (χ4v) is 4.43. The van der Waals surface area contributed by atoms with E-state index < -0.39 is 29.6 Å². The molecule has 1 saturated heterocycles. The molecule has 206 valence electrons. The van der Waals surface area contributed by atoms with Crippen molar-refractivity contribution in [3.8, 4) is 17.0 Å². The molecule has 2 N–H and O–H groups in total. The van der Waals surface area contributed by atoms with E-state index in [1.54, 1.807) is 6.07 Å². The van der Waals surface area contributed by atoms with Crippen molar-refractivity contribution in [2.75, 3.05) is 18.0 Å². The summed E-state index contributed by atoms with van der Waals surface area (Å²) >= 11 is 0. The number of hydrogen-bond acceptors (Lipinski definition) is 8. The first kappa shape index (κ1) is 26.8. The van der Waals surface area contributed by atoms with Crippen molar-refractivity contribution >= 4 is 16.9 Å². The molecular formula is C27H29F3N6O3. The number of piperidine rings is 1. The van der Waals surface area contributed by atoms with E-state index in [0.717, 1.165) is 16.8 Å². The maximum Gasteiger partial charge on any atom is 0.181 e. The van der Waals surface area contributed by atoms with Crippen LogP contribution in [0, 0.1) is 11.6 Å². The van der Waals surface area contributed by atoms with Gasteiger partial charge in [-0.25, -0.2) is 27.8 Å². The quantitative estimate of drug-likeness (QED) is 0.359. The minimum atomic E-state index is -1.66. The summed E-state index contributed by atoms with van der Waals surface area (Å²) in [5.41, 5.74) is -0.999. The topological polar surface area (TPSA) is 109 Å². The lowest BCUT2D eigenvalue weighted by Gasteiger charge is -2.35. The Bertz CT molecular complexity index is 1500. The second kappa shape index (κ2) is 10.1. The fraction of sp³-hybridized carbons (Fsp3) is 0.407. The number of ether oxygens (including phenoxy) is 1. The number of aromatic nitrogens is 5. The second-order valence-corrected chi connectivity index (χ2v) is 10.4.